The SMILES string of the molecule is O=C(CCC1CCCN2CCCC[C@@H]12)NCCc1ccn[nH]1. The van der Waals surface area contributed by atoms with E-state index in [1.165, 1.54) is 45.2 Å². The summed E-state index contributed by atoms with van der Waals surface area (Å²) in [6.45, 7) is 3.25. The van der Waals surface area contributed by atoms with Gasteiger partial charge in [-0.05, 0) is 57.2 Å². The van der Waals surface area contributed by atoms with Crippen LogP contribution in [0, 0.1) is 5.92 Å². The average Bonchev–Trinajstić information content (AvgIpc) is 3.06. The maximum Gasteiger partial charge on any atom is 0.220 e. The van der Waals surface area contributed by atoms with E-state index in [4.69, 9.17) is 0 Å². The van der Waals surface area contributed by atoms with Crippen LogP contribution in [-0.4, -0.2) is 46.7 Å². The summed E-state index contributed by atoms with van der Waals surface area (Å²) in [6.07, 6.45) is 11.0. The largest absolute Gasteiger partial charge is 0.356 e. The zero-order valence-electron chi connectivity index (χ0n) is 13.4. The van der Waals surface area contributed by atoms with Gasteiger partial charge in [0.05, 0.1) is 0 Å². The Morgan fingerprint density at radius 2 is 2.23 bits per heavy atom. The summed E-state index contributed by atoms with van der Waals surface area (Å²) in [5.41, 5.74) is 1.07. The molecule has 3 rings (SSSR count). The number of aromatic nitrogens is 2. The van der Waals surface area contributed by atoms with Crippen LogP contribution in [0.25, 0.3) is 0 Å². The topological polar surface area (TPSA) is 61.0 Å². The van der Waals surface area contributed by atoms with Gasteiger partial charge in [0.15, 0.2) is 0 Å². The Hall–Kier alpha value is -1.36. The van der Waals surface area contributed by atoms with Crippen molar-refractivity contribution in [3.05, 3.63) is 18.0 Å². The first-order valence-corrected chi connectivity index (χ1v) is 8.82. The maximum absolute atomic E-state index is 12.0. The van der Waals surface area contributed by atoms with E-state index in [1.54, 1.807) is 6.20 Å². The molecule has 0 radical (unpaired) electrons. The van der Waals surface area contributed by atoms with Crippen molar-refractivity contribution < 1.29 is 4.79 Å². The van der Waals surface area contributed by atoms with E-state index in [2.05, 4.69) is 20.4 Å². The molecule has 2 aliphatic heterocycles. The van der Waals surface area contributed by atoms with Gasteiger partial charge in [-0.2, -0.15) is 5.10 Å². The molecule has 0 spiro atoms. The predicted octanol–water partition coefficient (Wildman–Crippen LogP) is 2.11. The summed E-state index contributed by atoms with van der Waals surface area (Å²) in [5, 5.41) is 9.86. The molecule has 122 valence electrons. The number of carbonyl (C=O) groups excluding carboxylic acids is 1. The third-order valence-electron chi connectivity index (χ3n) is 5.25. The number of nitrogens with one attached hydrogen (secondary N) is 2. The fourth-order valence-corrected chi connectivity index (χ4v) is 4.08. The van der Waals surface area contributed by atoms with Crippen molar-refractivity contribution in [2.24, 2.45) is 5.92 Å². The van der Waals surface area contributed by atoms with Crippen molar-refractivity contribution >= 4 is 5.91 Å². The highest BCUT2D eigenvalue weighted by Gasteiger charge is 2.32. The Labute approximate surface area is 132 Å². The third kappa shape index (κ3) is 4.09. The van der Waals surface area contributed by atoms with E-state index in [9.17, 15) is 4.79 Å². The lowest BCUT2D eigenvalue weighted by molar-refractivity contribution is -0.121. The van der Waals surface area contributed by atoms with Gasteiger partial charge in [-0.1, -0.05) is 6.42 Å². The number of hydrogen-bond donors (Lipinski definition) is 2. The van der Waals surface area contributed by atoms with Gasteiger partial charge in [0.2, 0.25) is 5.91 Å². The molecule has 22 heavy (non-hydrogen) atoms. The molecule has 5 heteroatoms. The quantitative estimate of drug-likeness (QED) is 0.846. The summed E-state index contributed by atoms with van der Waals surface area (Å²) in [4.78, 5) is 14.7. The summed E-state index contributed by atoms with van der Waals surface area (Å²) >= 11 is 0. The maximum atomic E-state index is 12.0. The number of amides is 1. The van der Waals surface area contributed by atoms with Crippen LogP contribution in [0.4, 0.5) is 0 Å². The van der Waals surface area contributed by atoms with E-state index in [1.807, 2.05) is 6.07 Å². The second-order valence-electron chi connectivity index (χ2n) is 6.72. The first kappa shape index (κ1) is 15.5. The highest BCUT2D eigenvalue weighted by Crippen LogP contribution is 2.33. The highest BCUT2D eigenvalue weighted by molar-refractivity contribution is 5.75. The average molecular weight is 304 g/mol. The van der Waals surface area contributed by atoms with Crippen molar-refractivity contribution in [3.8, 4) is 0 Å². The first-order chi connectivity index (χ1) is 10.8. The van der Waals surface area contributed by atoms with E-state index in [0.29, 0.717) is 13.0 Å². The second kappa shape index (κ2) is 7.77. The molecule has 0 aliphatic carbocycles. The van der Waals surface area contributed by atoms with Crippen LogP contribution >= 0.6 is 0 Å². The number of aromatic amines is 1. The zero-order chi connectivity index (χ0) is 15.2. The molecule has 2 N–H and O–H groups in total. The highest BCUT2D eigenvalue weighted by atomic mass is 16.1. The number of fused-ring (bicyclic) bond motifs is 1. The Kier molecular flexibility index (Phi) is 5.48. The lowest BCUT2D eigenvalue weighted by atomic mass is 9.81. The smallest absolute Gasteiger partial charge is 0.220 e. The second-order valence-corrected chi connectivity index (χ2v) is 6.72. The van der Waals surface area contributed by atoms with Crippen LogP contribution in [0.2, 0.25) is 0 Å². The molecular weight excluding hydrogens is 276 g/mol. The molecular formula is C17H28N4O. The summed E-state index contributed by atoms with van der Waals surface area (Å²) < 4.78 is 0. The molecule has 3 heterocycles. The van der Waals surface area contributed by atoms with Crippen LogP contribution in [-0.2, 0) is 11.2 Å². The summed E-state index contributed by atoms with van der Waals surface area (Å²) in [5.74, 6) is 0.930. The van der Waals surface area contributed by atoms with Gasteiger partial charge < -0.3 is 10.2 Å². The van der Waals surface area contributed by atoms with Crippen LogP contribution < -0.4 is 5.32 Å². The summed E-state index contributed by atoms with van der Waals surface area (Å²) in [6, 6.07) is 2.70. The molecule has 1 aromatic heterocycles. The Morgan fingerprint density at radius 3 is 3.09 bits per heavy atom. The number of carbonyl (C=O) groups is 1. The van der Waals surface area contributed by atoms with E-state index in [-0.39, 0.29) is 5.91 Å². The molecule has 1 aromatic rings. The molecule has 2 fully saturated rings. The standard InChI is InChI=1S/C17H28N4O/c22-17(18-10-8-15-9-11-19-20-15)7-6-14-4-3-13-21-12-2-1-5-16(14)21/h9,11,14,16H,1-8,10,12-13H2,(H,18,22)(H,19,20)/t14?,16-/m0/s1. The van der Waals surface area contributed by atoms with E-state index >= 15 is 0 Å². The summed E-state index contributed by atoms with van der Waals surface area (Å²) in [7, 11) is 0. The van der Waals surface area contributed by atoms with Gasteiger partial charge in [-0.15, -0.1) is 0 Å². The zero-order valence-corrected chi connectivity index (χ0v) is 13.4. The fourth-order valence-electron chi connectivity index (χ4n) is 4.08. The van der Waals surface area contributed by atoms with Crippen molar-refractivity contribution in [1.29, 1.82) is 0 Å². The third-order valence-corrected chi connectivity index (χ3v) is 5.25. The molecule has 0 aromatic carbocycles. The van der Waals surface area contributed by atoms with Gasteiger partial charge >= 0.3 is 0 Å². The monoisotopic (exact) mass is 304 g/mol. The Bertz CT molecular complexity index is 457. The first-order valence-electron chi connectivity index (χ1n) is 8.82. The normalized spacial score (nSPS) is 25.6. The van der Waals surface area contributed by atoms with Crippen molar-refractivity contribution in [2.45, 2.75) is 57.4 Å². The molecule has 2 saturated heterocycles. The minimum Gasteiger partial charge on any atom is -0.356 e. The minimum atomic E-state index is 0.201. The fraction of sp³-hybridized carbons (Fsp3) is 0.765. The molecule has 5 nitrogen and oxygen atoms in total. The van der Waals surface area contributed by atoms with Gasteiger partial charge in [0.1, 0.15) is 0 Å². The van der Waals surface area contributed by atoms with Crippen molar-refractivity contribution in [2.75, 3.05) is 19.6 Å². The molecule has 1 unspecified atom stereocenters. The molecule has 1 amide bonds. The number of H-pyrrole nitrogens is 1. The number of hydrogen-bond acceptors (Lipinski definition) is 3. The van der Waals surface area contributed by atoms with E-state index in [0.717, 1.165) is 30.5 Å². The number of rotatable bonds is 6. The number of piperidine rings is 2. The van der Waals surface area contributed by atoms with Gasteiger partial charge in [-0.3, -0.25) is 9.89 Å². The van der Waals surface area contributed by atoms with Gasteiger partial charge in [0.25, 0.3) is 0 Å². The van der Waals surface area contributed by atoms with Gasteiger partial charge in [-0.25, -0.2) is 0 Å². The van der Waals surface area contributed by atoms with Crippen LogP contribution in [0.5, 0.6) is 0 Å². The Morgan fingerprint density at radius 1 is 1.32 bits per heavy atom. The van der Waals surface area contributed by atoms with Gasteiger partial charge in [0, 0.05) is 37.3 Å². The van der Waals surface area contributed by atoms with Crippen LogP contribution in [0.1, 0.15) is 50.6 Å². The molecule has 2 atom stereocenters. The Balaban J connectivity index is 1.36. The lowest BCUT2D eigenvalue weighted by Crippen LogP contribution is -2.48. The van der Waals surface area contributed by atoms with E-state index < -0.39 is 0 Å². The van der Waals surface area contributed by atoms with Crippen LogP contribution in [0.3, 0.4) is 0 Å². The van der Waals surface area contributed by atoms with Crippen molar-refractivity contribution in [1.82, 2.24) is 20.4 Å². The molecule has 0 saturated carbocycles. The molecule has 2 aliphatic rings. The number of nitrogens with zero attached hydrogens (tertiary/aromatic N) is 2. The lowest BCUT2D eigenvalue weighted by Gasteiger charge is -2.44. The molecule has 0 bridgehead atoms. The minimum absolute atomic E-state index is 0.201. The predicted molar refractivity (Wildman–Crippen MR) is 86.5 cm³/mol. The van der Waals surface area contributed by atoms with Crippen LogP contribution in [0.15, 0.2) is 12.3 Å². The van der Waals surface area contributed by atoms with Crippen molar-refractivity contribution in [3.63, 3.8) is 0 Å².